The molecule has 10 heavy (non-hydrogen) atoms. The first-order valence-electron chi connectivity index (χ1n) is 2.91. The van der Waals surface area contributed by atoms with Gasteiger partial charge in [-0.15, -0.1) is 12.6 Å². The second-order valence-corrected chi connectivity index (χ2v) is 2.90. The smallest absolute Gasteiger partial charge is 0.0461 e. The van der Waals surface area contributed by atoms with E-state index in [9.17, 15) is 0 Å². The van der Waals surface area contributed by atoms with Gasteiger partial charge in [0.1, 0.15) is 0 Å². The average Bonchev–Trinajstić information content (AvgIpc) is 1.88. The summed E-state index contributed by atoms with van der Waals surface area (Å²) >= 11 is 9.92. The summed E-state index contributed by atoms with van der Waals surface area (Å²) in [6, 6.07) is 5.54. The lowest BCUT2D eigenvalue weighted by Gasteiger charge is -1.99. The first-order chi connectivity index (χ1) is 4.74. The van der Waals surface area contributed by atoms with E-state index < -0.39 is 0 Å². The van der Waals surface area contributed by atoms with E-state index in [0.29, 0.717) is 11.6 Å². The Kier molecular flexibility index (Phi) is 2.60. The van der Waals surface area contributed by atoms with E-state index >= 15 is 0 Å². The first kappa shape index (κ1) is 7.92. The summed E-state index contributed by atoms with van der Waals surface area (Å²) in [5.41, 5.74) is 6.35. The van der Waals surface area contributed by atoms with Crippen LogP contribution in [0.4, 0.5) is 0 Å². The third-order valence-corrected chi connectivity index (χ3v) is 1.89. The molecule has 54 valence electrons. The van der Waals surface area contributed by atoms with Gasteiger partial charge >= 0.3 is 0 Å². The van der Waals surface area contributed by atoms with E-state index in [-0.39, 0.29) is 0 Å². The molecule has 0 saturated heterocycles. The summed E-state index contributed by atoms with van der Waals surface area (Å²) in [6.45, 7) is 0.479. The van der Waals surface area contributed by atoms with Crippen LogP contribution in [0.1, 0.15) is 5.56 Å². The lowest BCUT2D eigenvalue weighted by Crippen LogP contribution is -1.96. The number of hydrogen-bond donors (Lipinski definition) is 2. The predicted molar refractivity (Wildman–Crippen MR) is 46.6 cm³/mol. The molecule has 0 aromatic heterocycles. The molecule has 0 saturated carbocycles. The molecule has 1 rings (SSSR count). The molecule has 0 aliphatic carbocycles. The van der Waals surface area contributed by atoms with E-state index in [2.05, 4.69) is 12.6 Å². The largest absolute Gasteiger partial charge is 0.326 e. The molecule has 1 aromatic rings. The minimum absolute atomic E-state index is 0.479. The Balaban J connectivity index is 3.07. The van der Waals surface area contributed by atoms with Crippen molar-refractivity contribution >= 4 is 24.2 Å². The molecular formula is C7H8ClNS. The average molecular weight is 174 g/mol. The fraction of sp³-hybridized carbons (Fsp3) is 0.143. The van der Waals surface area contributed by atoms with Gasteiger partial charge in [0.05, 0.1) is 0 Å². The van der Waals surface area contributed by atoms with Gasteiger partial charge in [0.15, 0.2) is 0 Å². The number of thiol groups is 1. The summed E-state index contributed by atoms with van der Waals surface area (Å²) in [5, 5.41) is 0.690. The molecule has 0 heterocycles. The quantitative estimate of drug-likeness (QED) is 0.625. The van der Waals surface area contributed by atoms with Crippen LogP contribution in [-0.2, 0) is 6.54 Å². The Morgan fingerprint density at radius 3 is 2.70 bits per heavy atom. The van der Waals surface area contributed by atoms with Crippen molar-refractivity contribution in [2.24, 2.45) is 5.73 Å². The van der Waals surface area contributed by atoms with E-state index in [0.717, 1.165) is 10.5 Å². The van der Waals surface area contributed by atoms with Crippen LogP contribution >= 0.6 is 24.2 Å². The lowest BCUT2D eigenvalue weighted by molar-refractivity contribution is 1.07. The predicted octanol–water partition coefficient (Wildman–Crippen LogP) is 2.09. The monoisotopic (exact) mass is 173 g/mol. The second kappa shape index (κ2) is 3.28. The molecular weight excluding hydrogens is 166 g/mol. The van der Waals surface area contributed by atoms with Crippen molar-refractivity contribution in [3.63, 3.8) is 0 Å². The summed E-state index contributed by atoms with van der Waals surface area (Å²) < 4.78 is 0. The van der Waals surface area contributed by atoms with Gasteiger partial charge in [-0.1, -0.05) is 17.7 Å². The van der Waals surface area contributed by atoms with Crippen LogP contribution in [0.3, 0.4) is 0 Å². The van der Waals surface area contributed by atoms with E-state index in [1.54, 1.807) is 6.07 Å². The fourth-order valence-electron chi connectivity index (χ4n) is 0.702. The highest BCUT2D eigenvalue weighted by Gasteiger charge is 1.96. The fourth-order valence-corrected chi connectivity index (χ4v) is 1.24. The van der Waals surface area contributed by atoms with Crippen LogP contribution in [0.2, 0.25) is 5.02 Å². The number of halogens is 1. The van der Waals surface area contributed by atoms with Crippen LogP contribution in [0.5, 0.6) is 0 Å². The molecule has 1 aromatic carbocycles. The van der Waals surface area contributed by atoms with Crippen molar-refractivity contribution in [3.05, 3.63) is 28.8 Å². The minimum atomic E-state index is 0.479. The van der Waals surface area contributed by atoms with Crippen molar-refractivity contribution in [2.45, 2.75) is 11.4 Å². The van der Waals surface area contributed by atoms with Crippen LogP contribution in [0, 0.1) is 0 Å². The van der Waals surface area contributed by atoms with Gasteiger partial charge in [0, 0.05) is 16.5 Å². The maximum absolute atomic E-state index is 5.80. The van der Waals surface area contributed by atoms with Crippen LogP contribution in [0.15, 0.2) is 23.1 Å². The molecule has 0 spiro atoms. The highest BCUT2D eigenvalue weighted by atomic mass is 35.5. The molecule has 0 amide bonds. The van der Waals surface area contributed by atoms with Crippen molar-refractivity contribution in [3.8, 4) is 0 Å². The molecule has 0 radical (unpaired) electrons. The van der Waals surface area contributed by atoms with Crippen LogP contribution < -0.4 is 5.73 Å². The van der Waals surface area contributed by atoms with E-state index in [1.807, 2.05) is 12.1 Å². The molecule has 0 aliphatic rings. The highest BCUT2D eigenvalue weighted by molar-refractivity contribution is 7.80. The zero-order valence-corrected chi connectivity index (χ0v) is 6.99. The number of rotatable bonds is 1. The maximum atomic E-state index is 5.80. The summed E-state index contributed by atoms with van der Waals surface area (Å²) in [7, 11) is 0. The van der Waals surface area contributed by atoms with Gasteiger partial charge in [-0.05, 0) is 17.7 Å². The van der Waals surface area contributed by atoms with Gasteiger partial charge in [0.2, 0.25) is 0 Å². The first-order valence-corrected chi connectivity index (χ1v) is 3.74. The third kappa shape index (κ3) is 1.66. The van der Waals surface area contributed by atoms with Gasteiger partial charge < -0.3 is 5.73 Å². The third-order valence-electron chi connectivity index (χ3n) is 1.26. The SMILES string of the molecule is NCc1ccc(S)cc1Cl. The molecule has 0 unspecified atom stereocenters. The summed E-state index contributed by atoms with van der Waals surface area (Å²) in [5.74, 6) is 0. The van der Waals surface area contributed by atoms with Gasteiger partial charge in [0.25, 0.3) is 0 Å². The summed E-state index contributed by atoms with van der Waals surface area (Å²) in [4.78, 5) is 0.863. The Hall–Kier alpha value is -0.180. The maximum Gasteiger partial charge on any atom is 0.0461 e. The van der Waals surface area contributed by atoms with Crippen molar-refractivity contribution < 1.29 is 0 Å². The van der Waals surface area contributed by atoms with Crippen molar-refractivity contribution in [1.82, 2.24) is 0 Å². The van der Waals surface area contributed by atoms with Gasteiger partial charge in [-0.3, -0.25) is 0 Å². The summed E-state index contributed by atoms with van der Waals surface area (Å²) in [6.07, 6.45) is 0. The van der Waals surface area contributed by atoms with Crippen molar-refractivity contribution in [2.75, 3.05) is 0 Å². The van der Waals surface area contributed by atoms with Crippen LogP contribution in [0.25, 0.3) is 0 Å². The Labute approximate surface area is 70.6 Å². The second-order valence-electron chi connectivity index (χ2n) is 1.98. The Morgan fingerprint density at radius 1 is 1.50 bits per heavy atom. The molecule has 0 bridgehead atoms. The normalized spacial score (nSPS) is 9.90. The molecule has 0 atom stereocenters. The zero-order chi connectivity index (χ0) is 7.56. The number of benzene rings is 1. The van der Waals surface area contributed by atoms with E-state index in [4.69, 9.17) is 17.3 Å². The molecule has 1 nitrogen and oxygen atoms in total. The topological polar surface area (TPSA) is 26.0 Å². The van der Waals surface area contributed by atoms with E-state index in [1.165, 1.54) is 0 Å². The minimum Gasteiger partial charge on any atom is -0.326 e. The molecule has 3 heteroatoms. The van der Waals surface area contributed by atoms with Crippen molar-refractivity contribution in [1.29, 1.82) is 0 Å². The van der Waals surface area contributed by atoms with Gasteiger partial charge in [-0.2, -0.15) is 0 Å². The zero-order valence-electron chi connectivity index (χ0n) is 5.34. The van der Waals surface area contributed by atoms with Crippen LogP contribution in [-0.4, -0.2) is 0 Å². The lowest BCUT2D eigenvalue weighted by atomic mass is 10.2. The molecule has 0 aliphatic heterocycles. The standard InChI is InChI=1S/C7H8ClNS/c8-7-3-6(10)2-1-5(7)4-9/h1-3,10H,4,9H2. The number of nitrogens with two attached hydrogens (primary N) is 1. The molecule has 2 N–H and O–H groups in total. The Bertz CT molecular complexity index is 237. The number of hydrogen-bond acceptors (Lipinski definition) is 2. The highest BCUT2D eigenvalue weighted by Crippen LogP contribution is 2.18. The van der Waals surface area contributed by atoms with Gasteiger partial charge in [-0.25, -0.2) is 0 Å². The Morgan fingerprint density at radius 2 is 2.20 bits per heavy atom. The molecule has 0 fully saturated rings.